The van der Waals surface area contributed by atoms with Gasteiger partial charge in [0.05, 0.1) is 22.1 Å². The van der Waals surface area contributed by atoms with Gasteiger partial charge in [-0.2, -0.15) is 0 Å². The standard InChI is InChI=1S/C48H36N2/c1-47(2)39-25-22-30(50-43-19-11-7-15-33(43)34-16-8-12-20-44(34)50)28-37(39)45-40(47)26-23-35-36-27-29(21-24-38(36)48(3,4)46(35)45)49-41-17-9-5-13-31(41)32-14-6-10-18-42(32)49/h5-28H,1-4H3. The van der Waals surface area contributed by atoms with Crippen molar-refractivity contribution in [3.05, 3.63) is 168 Å². The Kier molecular flexibility index (Phi) is 5.28. The summed E-state index contributed by atoms with van der Waals surface area (Å²) in [4.78, 5) is 0. The van der Waals surface area contributed by atoms with Gasteiger partial charge >= 0.3 is 0 Å². The SMILES string of the molecule is CC1(C)c2ccc(-n3c4ccccc4c4ccccc43)cc2-c2c1ccc1c2C(C)(C)c2ccc(-n3c4ccccc4c4ccccc43)cc2-1. The molecule has 0 unspecified atom stereocenters. The number of rotatable bonds is 2. The van der Waals surface area contributed by atoms with Crippen molar-refractivity contribution in [3.8, 4) is 33.6 Å². The van der Waals surface area contributed by atoms with Gasteiger partial charge in [0, 0.05) is 43.7 Å². The zero-order chi connectivity index (χ0) is 33.5. The fourth-order valence-corrected chi connectivity index (χ4v) is 9.82. The Morgan fingerprint density at radius 3 is 1.24 bits per heavy atom. The lowest BCUT2D eigenvalue weighted by atomic mass is 9.77. The Morgan fingerprint density at radius 1 is 0.360 bits per heavy atom. The van der Waals surface area contributed by atoms with Crippen LogP contribution in [0.4, 0.5) is 0 Å². The van der Waals surface area contributed by atoms with Crippen LogP contribution in [0.25, 0.3) is 77.2 Å². The molecule has 2 aromatic heterocycles. The predicted octanol–water partition coefficient (Wildman–Crippen LogP) is 12.5. The van der Waals surface area contributed by atoms with Gasteiger partial charge in [0.25, 0.3) is 0 Å². The van der Waals surface area contributed by atoms with E-state index in [1.54, 1.807) is 0 Å². The molecule has 0 N–H and O–H groups in total. The Hall–Kier alpha value is -5.86. The quantitative estimate of drug-likeness (QED) is 0.178. The van der Waals surface area contributed by atoms with E-state index in [4.69, 9.17) is 0 Å². The van der Waals surface area contributed by atoms with Crippen LogP contribution in [-0.4, -0.2) is 9.13 Å². The topological polar surface area (TPSA) is 9.86 Å². The molecule has 0 atom stereocenters. The maximum absolute atomic E-state index is 2.48. The first-order valence-electron chi connectivity index (χ1n) is 17.8. The summed E-state index contributed by atoms with van der Waals surface area (Å²) < 4.78 is 4.90. The molecule has 11 rings (SSSR count). The molecule has 0 saturated heterocycles. The molecule has 0 fully saturated rings. The van der Waals surface area contributed by atoms with Gasteiger partial charge in [0.2, 0.25) is 0 Å². The normalized spacial score (nSPS) is 15.1. The van der Waals surface area contributed by atoms with E-state index in [0.717, 1.165) is 0 Å². The summed E-state index contributed by atoms with van der Waals surface area (Å²) in [6.07, 6.45) is 0. The summed E-state index contributed by atoms with van der Waals surface area (Å²) in [7, 11) is 0. The number of aromatic nitrogens is 2. The minimum atomic E-state index is -0.157. The largest absolute Gasteiger partial charge is 0.309 e. The highest BCUT2D eigenvalue weighted by molar-refractivity contribution is 6.10. The van der Waals surface area contributed by atoms with Crippen LogP contribution in [0, 0.1) is 0 Å². The van der Waals surface area contributed by atoms with Gasteiger partial charge in [-0.25, -0.2) is 0 Å². The van der Waals surface area contributed by atoms with Crippen LogP contribution in [-0.2, 0) is 10.8 Å². The zero-order valence-corrected chi connectivity index (χ0v) is 28.8. The third-order valence-electron chi connectivity index (χ3n) is 12.1. The Labute approximate surface area is 291 Å². The molecule has 238 valence electrons. The Bertz CT molecular complexity index is 2820. The molecule has 9 aromatic rings. The minimum Gasteiger partial charge on any atom is -0.309 e. The molecule has 0 aliphatic heterocycles. The molecule has 0 spiro atoms. The average molecular weight is 641 g/mol. The van der Waals surface area contributed by atoms with Crippen LogP contribution in [0.1, 0.15) is 49.9 Å². The second-order valence-corrected chi connectivity index (χ2v) is 15.4. The minimum absolute atomic E-state index is 0.0992. The Balaban J connectivity index is 1.15. The Morgan fingerprint density at radius 2 is 0.760 bits per heavy atom. The molecule has 0 bridgehead atoms. The number of benzene rings is 7. The second-order valence-electron chi connectivity index (χ2n) is 15.4. The van der Waals surface area contributed by atoms with E-state index in [-0.39, 0.29) is 10.8 Å². The van der Waals surface area contributed by atoms with Crippen LogP contribution in [0.3, 0.4) is 0 Å². The molecule has 2 aliphatic carbocycles. The molecule has 2 aliphatic rings. The fraction of sp³-hybridized carbons (Fsp3) is 0.125. The summed E-state index contributed by atoms with van der Waals surface area (Å²) in [5.41, 5.74) is 18.3. The van der Waals surface area contributed by atoms with E-state index in [2.05, 4.69) is 182 Å². The van der Waals surface area contributed by atoms with E-state index in [1.807, 2.05) is 0 Å². The number of hydrogen-bond acceptors (Lipinski definition) is 0. The highest BCUT2D eigenvalue weighted by Gasteiger charge is 2.44. The molecule has 0 saturated carbocycles. The molecule has 2 nitrogen and oxygen atoms in total. The van der Waals surface area contributed by atoms with Crippen molar-refractivity contribution in [2.45, 2.75) is 38.5 Å². The monoisotopic (exact) mass is 640 g/mol. The summed E-state index contributed by atoms with van der Waals surface area (Å²) in [6.45, 7) is 9.67. The first-order chi connectivity index (χ1) is 24.3. The first kappa shape index (κ1) is 28.0. The van der Waals surface area contributed by atoms with Gasteiger partial charge in [0.1, 0.15) is 0 Å². The van der Waals surface area contributed by atoms with Gasteiger partial charge < -0.3 is 9.13 Å². The average Bonchev–Trinajstić information content (AvgIpc) is 3.80. The molecule has 0 radical (unpaired) electrons. The summed E-state index contributed by atoms with van der Waals surface area (Å²) in [5, 5.41) is 5.17. The van der Waals surface area contributed by atoms with Crippen LogP contribution in [0.5, 0.6) is 0 Å². The molecule has 7 aromatic carbocycles. The summed E-state index contributed by atoms with van der Waals surface area (Å²) >= 11 is 0. The van der Waals surface area contributed by atoms with Crippen LogP contribution in [0.15, 0.2) is 146 Å². The summed E-state index contributed by atoms with van der Waals surface area (Å²) in [6, 6.07) is 54.5. The van der Waals surface area contributed by atoms with Gasteiger partial charge in [-0.15, -0.1) is 0 Å². The molecule has 0 amide bonds. The lowest BCUT2D eigenvalue weighted by molar-refractivity contribution is 0.647. The molecular formula is C48H36N2. The van der Waals surface area contributed by atoms with Crippen molar-refractivity contribution >= 4 is 43.6 Å². The van der Waals surface area contributed by atoms with Crippen molar-refractivity contribution in [2.24, 2.45) is 0 Å². The van der Waals surface area contributed by atoms with Crippen molar-refractivity contribution in [3.63, 3.8) is 0 Å². The van der Waals surface area contributed by atoms with E-state index in [1.165, 1.54) is 99.5 Å². The van der Waals surface area contributed by atoms with Crippen molar-refractivity contribution < 1.29 is 0 Å². The number of hydrogen-bond donors (Lipinski definition) is 0. The van der Waals surface area contributed by atoms with Gasteiger partial charge in [0.15, 0.2) is 0 Å². The second kappa shape index (κ2) is 9.43. The highest BCUT2D eigenvalue weighted by Crippen LogP contribution is 2.59. The smallest absolute Gasteiger partial charge is 0.0541 e. The lowest BCUT2D eigenvalue weighted by Gasteiger charge is -2.26. The lowest BCUT2D eigenvalue weighted by Crippen LogP contribution is -2.18. The fourth-order valence-electron chi connectivity index (χ4n) is 9.82. The van der Waals surface area contributed by atoms with Gasteiger partial charge in [-0.1, -0.05) is 125 Å². The van der Waals surface area contributed by atoms with Crippen LogP contribution >= 0.6 is 0 Å². The van der Waals surface area contributed by atoms with Crippen molar-refractivity contribution in [2.75, 3.05) is 0 Å². The molecule has 50 heavy (non-hydrogen) atoms. The first-order valence-corrected chi connectivity index (χ1v) is 17.8. The van der Waals surface area contributed by atoms with Crippen LogP contribution in [0.2, 0.25) is 0 Å². The van der Waals surface area contributed by atoms with Crippen LogP contribution < -0.4 is 0 Å². The van der Waals surface area contributed by atoms with E-state index in [9.17, 15) is 0 Å². The summed E-state index contributed by atoms with van der Waals surface area (Å²) in [5.74, 6) is 0. The maximum atomic E-state index is 2.48. The molecule has 2 heterocycles. The maximum Gasteiger partial charge on any atom is 0.0541 e. The highest BCUT2D eigenvalue weighted by atomic mass is 15.0. The predicted molar refractivity (Wildman–Crippen MR) is 210 cm³/mol. The number of para-hydroxylation sites is 4. The zero-order valence-electron chi connectivity index (χ0n) is 28.8. The van der Waals surface area contributed by atoms with Crippen molar-refractivity contribution in [1.29, 1.82) is 0 Å². The van der Waals surface area contributed by atoms with E-state index < -0.39 is 0 Å². The third kappa shape index (κ3) is 3.39. The van der Waals surface area contributed by atoms with E-state index in [0.29, 0.717) is 0 Å². The van der Waals surface area contributed by atoms with E-state index >= 15 is 0 Å². The van der Waals surface area contributed by atoms with Gasteiger partial charge in [-0.05, 0) is 93.0 Å². The number of nitrogens with zero attached hydrogens (tertiary/aromatic N) is 2. The molecular weight excluding hydrogens is 605 g/mol. The molecule has 2 heteroatoms. The van der Waals surface area contributed by atoms with Crippen molar-refractivity contribution in [1.82, 2.24) is 9.13 Å². The number of fused-ring (bicyclic) bond motifs is 13. The van der Waals surface area contributed by atoms with Gasteiger partial charge in [-0.3, -0.25) is 0 Å². The third-order valence-corrected chi connectivity index (χ3v) is 12.1.